The zero-order chi connectivity index (χ0) is 13.1. The average molecular weight is 285 g/mol. The standard InChI is InChI=1S/C13H14Cl2N2O/c1-2-17-6-5-16-13(17)12(18)8-9-3-4-10(14)11(15)7-9/h3-7,12,18H,2,8H2,1H3. The number of aromatic nitrogens is 2. The molecule has 0 bridgehead atoms. The third-order valence-corrected chi connectivity index (χ3v) is 3.54. The van der Waals surface area contributed by atoms with Gasteiger partial charge in [0.2, 0.25) is 0 Å². The second-order valence-electron chi connectivity index (χ2n) is 4.04. The van der Waals surface area contributed by atoms with E-state index < -0.39 is 6.10 Å². The predicted octanol–water partition coefficient (Wildman–Crippen LogP) is 3.49. The van der Waals surface area contributed by atoms with Gasteiger partial charge in [-0.15, -0.1) is 0 Å². The maximum atomic E-state index is 10.2. The zero-order valence-corrected chi connectivity index (χ0v) is 11.5. The summed E-state index contributed by atoms with van der Waals surface area (Å²) in [6.45, 7) is 2.80. The minimum absolute atomic E-state index is 0.466. The molecule has 96 valence electrons. The number of nitrogens with zero attached hydrogens (tertiary/aromatic N) is 2. The molecule has 0 radical (unpaired) electrons. The average Bonchev–Trinajstić information content (AvgIpc) is 2.82. The second-order valence-corrected chi connectivity index (χ2v) is 4.85. The van der Waals surface area contributed by atoms with E-state index in [1.807, 2.05) is 23.8 Å². The van der Waals surface area contributed by atoms with Crippen LogP contribution in [0.3, 0.4) is 0 Å². The van der Waals surface area contributed by atoms with Crippen molar-refractivity contribution in [2.75, 3.05) is 0 Å². The molecule has 3 nitrogen and oxygen atoms in total. The molecular weight excluding hydrogens is 271 g/mol. The van der Waals surface area contributed by atoms with Gasteiger partial charge in [0, 0.05) is 25.4 Å². The van der Waals surface area contributed by atoms with E-state index in [1.54, 1.807) is 18.3 Å². The molecule has 0 fully saturated rings. The fourth-order valence-electron chi connectivity index (χ4n) is 1.87. The highest BCUT2D eigenvalue weighted by Gasteiger charge is 2.14. The third-order valence-electron chi connectivity index (χ3n) is 2.80. The molecule has 0 saturated carbocycles. The molecule has 0 aliphatic carbocycles. The summed E-state index contributed by atoms with van der Waals surface area (Å²) < 4.78 is 1.92. The Morgan fingerprint density at radius 2 is 2.11 bits per heavy atom. The van der Waals surface area contributed by atoms with E-state index in [4.69, 9.17) is 23.2 Å². The summed E-state index contributed by atoms with van der Waals surface area (Å²) in [5.41, 5.74) is 0.933. The van der Waals surface area contributed by atoms with Crippen LogP contribution in [0.2, 0.25) is 10.0 Å². The minimum atomic E-state index is -0.641. The van der Waals surface area contributed by atoms with Crippen LogP contribution in [0.4, 0.5) is 0 Å². The van der Waals surface area contributed by atoms with E-state index in [9.17, 15) is 5.11 Å². The lowest BCUT2D eigenvalue weighted by atomic mass is 10.1. The van der Waals surface area contributed by atoms with Crippen molar-refractivity contribution >= 4 is 23.2 Å². The Morgan fingerprint density at radius 1 is 1.33 bits per heavy atom. The number of rotatable bonds is 4. The lowest BCUT2D eigenvalue weighted by Gasteiger charge is -2.12. The van der Waals surface area contributed by atoms with Crippen molar-refractivity contribution in [2.45, 2.75) is 26.0 Å². The van der Waals surface area contributed by atoms with Crippen LogP contribution >= 0.6 is 23.2 Å². The highest BCUT2D eigenvalue weighted by molar-refractivity contribution is 6.42. The second kappa shape index (κ2) is 5.74. The molecule has 5 heteroatoms. The smallest absolute Gasteiger partial charge is 0.137 e. The van der Waals surface area contributed by atoms with Crippen molar-refractivity contribution in [2.24, 2.45) is 0 Å². The summed E-state index contributed by atoms with van der Waals surface area (Å²) in [5, 5.41) is 11.2. The van der Waals surface area contributed by atoms with Gasteiger partial charge >= 0.3 is 0 Å². The Morgan fingerprint density at radius 3 is 2.78 bits per heavy atom. The summed E-state index contributed by atoms with van der Waals surface area (Å²) in [7, 11) is 0. The van der Waals surface area contributed by atoms with Gasteiger partial charge in [-0.3, -0.25) is 0 Å². The summed E-state index contributed by atoms with van der Waals surface area (Å²) in [5.74, 6) is 0.670. The van der Waals surface area contributed by atoms with Gasteiger partial charge in [-0.05, 0) is 24.6 Å². The molecule has 2 rings (SSSR count). The Labute approximate surface area is 116 Å². The first-order valence-electron chi connectivity index (χ1n) is 5.74. The first-order valence-corrected chi connectivity index (χ1v) is 6.50. The van der Waals surface area contributed by atoms with Gasteiger partial charge in [0.25, 0.3) is 0 Å². The number of hydrogen-bond acceptors (Lipinski definition) is 2. The molecule has 1 unspecified atom stereocenters. The first kappa shape index (κ1) is 13.4. The summed E-state index contributed by atoms with van der Waals surface area (Å²) >= 11 is 11.8. The van der Waals surface area contributed by atoms with Crippen molar-refractivity contribution in [3.05, 3.63) is 52.0 Å². The van der Waals surface area contributed by atoms with Gasteiger partial charge < -0.3 is 9.67 Å². The number of halogens is 2. The molecule has 0 spiro atoms. The van der Waals surface area contributed by atoms with E-state index in [-0.39, 0.29) is 0 Å². The highest BCUT2D eigenvalue weighted by Crippen LogP contribution is 2.25. The van der Waals surface area contributed by atoms with E-state index in [0.29, 0.717) is 22.3 Å². The van der Waals surface area contributed by atoms with Crippen molar-refractivity contribution in [1.82, 2.24) is 9.55 Å². The van der Waals surface area contributed by atoms with Crippen LogP contribution in [0, 0.1) is 0 Å². The SMILES string of the molecule is CCn1ccnc1C(O)Cc1ccc(Cl)c(Cl)c1. The number of imidazole rings is 1. The van der Waals surface area contributed by atoms with Crippen LogP contribution in [-0.4, -0.2) is 14.7 Å². The Balaban J connectivity index is 2.16. The van der Waals surface area contributed by atoms with Gasteiger partial charge in [0.1, 0.15) is 11.9 Å². The largest absolute Gasteiger partial charge is 0.385 e. The Kier molecular flexibility index (Phi) is 4.27. The molecule has 1 atom stereocenters. The van der Waals surface area contributed by atoms with Crippen molar-refractivity contribution in [3.63, 3.8) is 0 Å². The molecule has 18 heavy (non-hydrogen) atoms. The monoisotopic (exact) mass is 284 g/mol. The van der Waals surface area contributed by atoms with E-state index in [0.717, 1.165) is 12.1 Å². The molecule has 1 aromatic carbocycles. The topological polar surface area (TPSA) is 38.0 Å². The lowest BCUT2D eigenvalue weighted by Crippen LogP contribution is -2.10. The van der Waals surface area contributed by atoms with E-state index >= 15 is 0 Å². The molecule has 0 aliphatic rings. The van der Waals surface area contributed by atoms with Crippen LogP contribution in [-0.2, 0) is 13.0 Å². The normalized spacial score (nSPS) is 12.7. The Hall–Kier alpha value is -1.03. The quantitative estimate of drug-likeness (QED) is 0.933. The van der Waals surface area contributed by atoms with Gasteiger partial charge in [0.05, 0.1) is 10.0 Å². The zero-order valence-electron chi connectivity index (χ0n) is 9.98. The van der Waals surface area contributed by atoms with Crippen molar-refractivity contribution < 1.29 is 5.11 Å². The number of benzene rings is 1. The number of hydrogen-bond donors (Lipinski definition) is 1. The summed E-state index contributed by atoms with van der Waals surface area (Å²) in [6.07, 6.45) is 3.37. The van der Waals surface area contributed by atoms with E-state index in [2.05, 4.69) is 4.98 Å². The van der Waals surface area contributed by atoms with Crippen LogP contribution in [0.25, 0.3) is 0 Å². The van der Waals surface area contributed by atoms with Crippen molar-refractivity contribution in [3.8, 4) is 0 Å². The minimum Gasteiger partial charge on any atom is -0.385 e. The fourth-order valence-corrected chi connectivity index (χ4v) is 2.19. The molecule has 0 amide bonds. The molecule has 0 saturated heterocycles. The maximum Gasteiger partial charge on any atom is 0.137 e. The van der Waals surface area contributed by atoms with Crippen LogP contribution in [0.1, 0.15) is 24.4 Å². The maximum absolute atomic E-state index is 10.2. The van der Waals surface area contributed by atoms with Crippen molar-refractivity contribution in [1.29, 1.82) is 0 Å². The third kappa shape index (κ3) is 2.86. The fraction of sp³-hybridized carbons (Fsp3) is 0.308. The molecule has 0 aliphatic heterocycles. The predicted molar refractivity (Wildman–Crippen MR) is 73.0 cm³/mol. The van der Waals surface area contributed by atoms with Crippen LogP contribution in [0.15, 0.2) is 30.6 Å². The number of aliphatic hydroxyl groups excluding tert-OH is 1. The summed E-state index contributed by atoms with van der Waals surface area (Å²) in [4.78, 5) is 4.18. The highest BCUT2D eigenvalue weighted by atomic mass is 35.5. The first-order chi connectivity index (χ1) is 8.61. The molecule has 1 heterocycles. The molecule has 1 aromatic heterocycles. The molecular formula is C13H14Cl2N2O. The molecule has 2 aromatic rings. The van der Waals surface area contributed by atoms with Gasteiger partial charge in [-0.1, -0.05) is 29.3 Å². The van der Waals surface area contributed by atoms with Gasteiger partial charge in [-0.2, -0.15) is 0 Å². The van der Waals surface area contributed by atoms with E-state index in [1.165, 1.54) is 0 Å². The van der Waals surface area contributed by atoms with Gasteiger partial charge in [-0.25, -0.2) is 4.98 Å². The lowest BCUT2D eigenvalue weighted by molar-refractivity contribution is 0.164. The van der Waals surface area contributed by atoms with Crippen LogP contribution in [0.5, 0.6) is 0 Å². The van der Waals surface area contributed by atoms with Crippen LogP contribution < -0.4 is 0 Å². The summed E-state index contributed by atoms with van der Waals surface area (Å²) in [6, 6.07) is 5.36. The Bertz CT molecular complexity index is 540. The number of aryl methyl sites for hydroxylation is 1. The molecule has 1 N–H and O–H groups in total. The van der Waals surface area contributed by atoms with Gasteiger partial charge in [0.15, 0.2) is 0 Å². The number of aliphatic hydroxyl groups is 1.